The molecule has 5 amide bonds. The van der Waals surface area contributed by atoms with Crippen molar-refractivity contribution in [3.63, 3.8) is 0 Å². The van der Waals surface area contributed by atoms with Gasteiger partial charge in [-0.15, -0.1) is 0 Å². The first kappa shape index (κ1) is 29.8. The molecule has 12 nitrogen and oxygen atoms in total. The molecule has 1 aromatic rings. The summed E-state index contributed by atoms with van der Waals surface area (Å²) in [5.41, 5.74) is 2.02. The summed E-state index contributed by atoms with van der Waals surface area (Å²) in [5.74, 6) is -0.721. The van der Waals surface area contributed by atoms with Crippen LogP contribution in [0.2, 0.25) is 0 Å². The maximum Gasteiger partial charge on any atom is 0.407 e. The van der Waals surface area contributed by atoms with Crippen molar-refractivity contribution in [1.29, 1.82) is 0 Å². The van der Waals surface area contributed by atoms with Crippen LogP contribution in [0.3, 0.4) is 0 Å². The number of imide groups is 1. The van der Waals surface area contributed by atoms with Crippen LogP contribution in [0, 0.1) is 0 Å². The Morgan fingerprint density at radius 1 is 1.00 bits per heavy atom. The fraction of sp³-hybridized carbons (Fsp3) is 0.633. The number of carbonyl (C=O) groups excluding carboxylic acids is 5. The Balaban J connectivity index is 1.07. The van der Waals surface area contributed by atoms with Crippen LogP contribution in [-0.2, 0) is 25.7 Å². The quantitative estimate of drug-likeness (QED) is 0.483. The molecule has 0 spiro atoms. The lowest BCUT2D eigenvalue weighted by Crippen LogP contribution is -2.52. The van der Waals surface area contributed by atoms with Crippen molar-refractivity contribution in [3.05, 3.63) is 29.3 Å². The maximum atomic E-state index is 13.2. The Morgan fingerprint density at radius 3 is 2.38 bits per heavy atom. The Hall–Kier alpha value is -3.67. The fourth-order valence-electron chi connectivity index (χ4n) is 6.24. The molecule has 4 heterocycles. The van der Waals surface area contributed by atoms with E-state index in [0.717, 1.165) is 37.4 Å². The predicted molar refractivity (Wildman–Crippen MR) is 155 cm³/mol. The molecule has 0 aromatic heterocycles. The number of nitrogens with one attached hydrogen (secondary N) is 2. The summed E-state index contributed by atoms with van der Waals surface area (Å²) in [6.07, 6.45) is 2.06. The number of benzene rings is 1. The van der Waals surface area contributed by atoms with Crippen LogP contribution in [0.25, 0.3) is 0 Å². The number of hydrogen-bond donors (Lipinski definition) is 2. The van der Waals surface area contributed by atoms with Crippen molar-refractivity contribution in [2.75, 3.05) is 50.7 Å². The van der Waals surface area contributed by atoms with E-state index in [-0.39, 0.29) is 30.2 Å². The molecule has 3 saturated heterocycles. The molecule has 228 valence electrons. The number of fused-ring (bicyclic) bond motifs is 1. The lowest BCUT2D eigenvalue weighted by molar-refractivity contribution is -0.137. The number of amides is 5. The largest absolute Gasteiger partial charge is 0.444 e. The van der Waals surface area contributed by atoms with E-state index in [4.69, 9.17) is 4.74 Å². The molecule has 2 N–H and O–H groups in total. The third kappa shape index (κ3) is 6.86. The van der Waals surface area contributed by atoms with Gasteiger partial charge in [0, 0.05) is 88.1 Å². The zero-order valence-corrected chi connectivity index (χ0v) is 24.8. The highest BCUT2D eigenvalue weighted by Crippen LogP contribution is 2.34. The van der Waals surface area contributed by atoms with Gasteiger partial charge in [-0.05, 0) is 52.2 Å². The van der Waals surface area contributed by atoms with Crippen molar-refractivity contribution >= 4 is 35.4 Å². The minimum absolute atomic E-state index is 0.0165. The number of hydrogen-bond acceptors (Lipinski definition) is 8. The number of piperazine rings is 1. The summed E-state index contributed by atoms with van der Waals surface area (Å²) in [4.78, 5) is 70.2. The van der Waals surface area contributed by atoms with Crippen LogP contribution in [0.4, 0.5) is 10.5 Å². The van der Waals surface area contributed by atoms with Gasteiger partial charge in [0.2, 0.25) is 17.7 Å². The summed E-state index contributed by atoms with van der Waals surface area (Å²) >= 11 is 0. The van der Waals surface area contributed by atoms with Crippen molar-refractivity contribution in [2.45, 2.75) is 77.1 Å². The van der Waals surface area contributed by atoms with Gasteiger partial charge in [0.1, 0.15) is 11.6 Å². The van der Waals surface area contributed by atoms with Crippen molar-refractivity contribution in [2.24, 2.45) is 0 Å². The number of anilines is 1. The number of piperidine rings is 2. The van der Waals surface area contributed by atoms with Crippen LogP contribution in [0.15, 0.2) is 18.2 Å². The van der Waals surface area contributed by atoms with E-state index in [2.05, 4.69) is 20.4 Å². The van der Waals surface area contributed by atoms with Crippen LogP contribution in [0.5, 0.6) is 0 Å². The average Bonchev–Trinajstić information content (AvgIpc) is 3.27. The Bertz CT molecular complexity index is 1230. The number of nitrogens with zero attached hydrogens (tertiary/aromatic N) is 4. The molecule has 0 radical (unpaired) electrons. The van der Waals surface area contributed by atoms with Crippen LogP contribution in [-0.4, -0.2) is 108 Å². The van der Waals surface area contributed by atoms with Gasteiger partial charge in [-0.1, -0.05) is 6.07 Å². The second-order valence-corrected chi connectivity index (χ2v) is 12.6. The van der Waals surface area contributed by atoms with Crippen molar-refractivity contribution in [1.82, 2.24) is 25.3 Å². The average molecular weight is 583 g/mol. The van der Waals surface area contributed by atoms with Gasteiger partial charge in [0.05, 0.1) is 0 Å². The standard InChI is InChI=1S/C30H42N6O6/c1-30(2,3)42-29(41)31-20-9-13-35(14-10-20)26(38)11-12-33-15-17-34(18-16-33)23-6-4-5-21-22(23)19-36(28(21)40)24-7-8-25(37)32-27(24)39/h4-6,20,24H,7-19H2,1-3H3,(H,31,41)(H,32,37,39). The number of rotatable bonds is 6. The predicted octanol–water partition coefficient (Wildman–Crippen LogP) is 1.48. The molecule has 3 fully saturated rings. The first-order valence-electron chi connectivity index (χ1n) is 15.0. The number of likely N-dealkylation sites (tertiary alicyclic amines) is 1. The first-order valence-corrected chi connectivity index (χ1v) is 15.0. The number of ether oxygens (including phenoxy) is 1. The van der Waals surface area contributed by atoms with E-state index in [1.807, 2.05) is 43.9 Å². The van der Waals surface area contributed by atoms with E-state index in [1.165, 1.54) is 0 Å². The monoisotopic (exact) mass is 582 g/mol. The van der Waals surface area contributed by atoms with Gasteiger partial charge < -0.3 is 24.8 Å². The zero-order chi connectivity index (χ0) is 30.0. The normalized spacial score (nSPS) is 22.2. The van der Waals surface area contributed by atoms with E-state index in [0.29, 0.717) is 57.4 Å². The second kappa shape index (κ2) is 12.3. The highest BCUT2D eigenvalue weighted by molar-refractivity contribution is 6.06. The molecule has 12 heteroatoms. The summed E-state index contributed by atoms with van der Waals surface area (Å²) in [5, 5.41) is 5.27. The first-order chi connectivity index (χ1) is 20.0. The maximum absolute atomic E-state index is 13.2. The van der Waals surface area contributed by atoms with Gasteiger partial charge >= 0.3 is 6.09 Å². The zero-order valence-electron chi connectivity index (χ0n) is 24.8. The second-order valence-electron chi connectivity index (χ2n) is 12.6. The van der Waals surface area contributed by atoms with E-state index >= 15 is 0 Å². The Kier molecular flexibility index (Phi) is 8.72. The highest BCUT2D eigenvalue weighted by atomic mass is 16.6. The van der Waals surface area contributed by atoms with Gasteiger partial charge in [0.15, 0.2) is 0 Å². The lowest BCUT2D eigenvalue weighted by Gasteiger charge is -2.37. The topological polar surface area (TPSA) is 132 Å². The Morgan fingerprint density at radius 2 is 1.71 bits per heavy atom. The van der Waals surface area contributed by atoms with Gasteiger partial charge in [-0.3, -0.25) is 29.4 Å². The summed E-state index contributed by atoms with van der Waals surface area (Å²) in [6, 6.07) is 5.11. The molecular formula is C30H42N6O6. The molecule has 5 rings (SSSR count). The molecule has 42 heavy (non-hydrogen) atoms. The van der Waals surface area contributed by atoms with Crippen LogP contribution < -0.4 is 15.5 Å². The van der Waals surface area contributed by atoms with Gasteiger partial charge in [-0.25, -0.2) is 4.79 Å². The van der Waals surface area contributed by atoms with Crippen molar-refractivity contribution in [3.8, 4) is 0 Å². The van der Waals surface area contributed by atoms with Gasteiger partial charge in [-0.2, -0.15) is 0 Å². The van der Waals surface area contributed by atoms with E-state index in [9.17, 15) is 24.0 Å². The molecule has 0 bridgehead atoms. The SMILES string of the molecule is CC(C)(C)OC(=O)NC1CCN(C(=O)CCN2CCN(c3cccc4c3CN(C3CCC(=O)NC3=O)C4=O)CC2)CC1. The molecule has 4 aliphatic heterocycles. The third-order valence-electron chi connectivity index (χ3n) is 8.48. The summed E-state index contributed by atoms with van der Waals surface area (Å²) < 4.78 is 5.34. The minimum Gasteiger partial charge on any atom is -0.444 e. The molecule has 0 aliphatic carbocycles. The molecule has 4 aliphatic rings. The smallest absolute Gasteiger partial charge is 0.407 e. The number of alkyl carbamates (subject to hydrolysis) is 1. The summed E-state index contributed by atoms with van der Waals surface area (Å²) in [6.45, 7) is 11.0. The fourth-order valence-corrected chi connectivity index (χ4v) is 6.24. The highest BCUT2D eigenvalue weighted by Gasteiger charge is 2.40. The van der Waals surface area contributed by atoms with Crippen LogP contribution in [0.1, 0.15) is 68.8 Å². The van der Waals surface area contributed by atoms with Crippen LogP contribution >= 0.6 is 0 Å². The van der Waals surface area contributed by atoms with Gasteiger partial charge in [0.25, 0.3) is 5.91 Å². The number of carbonyl (C=O) groups is 5. The summed E-state index contributed by atoms with van der Waals surface area (Å²) in [7, 11) is 0. The lowest BCUT2D eigenvalue weighted by atomic mass is 10.0. The van der Waals surface area contributed by atoms with E-state index in [1.54, 1.807) is 4.90 Å². The van der Waals surface area contributed by atoms with E-state index < -0.39 is 23.6 Å². The third-order valence-corrected chi connectivity index (χ3v) is 8.48. The molecule has 1 aromatic carbocycles. The van der Waals surface area contributed by atoms with Crippen molar-refractivity contribution < 1.29 is 28.7 Å². The molecular weight excluding hydrogens is 540 g/mol. The molecule has 1 atom stereocenters. The Labute approximate surface area is 246 Å². The minimum atomic E-state index is -0.628. The molecule has 1 unspecified atom stereocenters. The molecule has 0 saturated carbocycles.